The maximum Gasteiger partial charge on any atom is 0.267 e. The fourth-order valence-electron chi connectivity index (χ4n) is 5.27. The van der Waals surface area contributed by atoms with Crippen LogP contribution in [0, 0.1) is 0 Å². The van der Waals surface area contributed by atoms with Crippen molar-refractivity contribution in [2.24, 2.45) is 0 Å². The molecule has 270 valence electrons. The molecule has 3 aliphatic rings. The zero-order valence-corrected chi connectivity index (χ0v) is 27.4. The van der Waals surface area contributed by atoms with E-state index < -0.39 is 50.0 Å². The lowest BCUT2D eigenvalue weighted by Crippen LogP contribution is -2.49. The molecule has 0 unspecified atom stereocenters. The van der Waals surface area contributed by atoms with Crippen molar-refractivity contribution >= 4 is 52.8 Å². The van der Waals surface area contributed by atoms with E-state index in [2.05, 4.69) is 50.8 Å². The molecule has 0 aliphatic carbocycles. The zero-order chi connectivity index (χ0) is 35.9. The van der Waals surface area contributed by atoms with E-state index in [0.29, 0.717) is 17.6 Å². The number of hydrogen-bond donors (Lipinski definition) is 8. The van der Waals surface area contributed by atoms with Gasteiger partial charge in [0.05, 0.1) is 25.3 Å². The number of nitrogens with one attached hydrogen (secondary N) is 3. The topological polar surface area (TPSA) is 242 Å². The van der Waals surface area contributed by atoms with E-state index in [1.165, 1.54) is 28.4 Å². The molecule has 6 heterocycles. The number of nitrogens with two attached hydrogens (primary N) is 3. The zero-order valence-electron chi connectivity index (χ0n) is 27.4. The minimum Gasteiger partial charge on any atom is -0.391 e. The summed E-state index contributed by atoms with van der Waals surface area (Å²) in [5.41, 5.74) is 16.6. The number of alkyl halides is 4. The van der Waals surface area contributed by atoms with Gasteiger partial charge >= 0.3 is 0 Å². The SMILES string of the molecule is CNc1cc(N2CCC2)nc(N)n1.CNc1cc(N2C[C@@H](O)CC(F)(F)C2)nc(N)n1.CNc1cc(N2C[C@H](O)CC(F)(F)C2)nc(N)n1. The van der Waals surface area contributed by atoms with Crippen molar-refractivity contribution in [3.63, 3.8) is 0 Å². The highest BCUT2D eigenvalue weighted by Gasteiger charge is 2.41. The van der Waals surface area contributed by atoms with Crippen molar-refractivity contribution in [1.29, 1.82) is 0 Å². The summed E-state index contributed by atoms with van der Waals surface area (Å²) >= 11 is 0. The smallest absolute Gasteiger partial charge is 0.267 e. The molecule has 3 aromatic heterocycles. The van der Waals surface area contributed by atoms with Crippen LogP contribution in [0.1, 0.15) is 19.3 Å². The summed E-state index contributed by atoms with van der Waals surface area (Å²) in [7, 11) is 5.11. The molecular formula is C28H43F4N15O2. The average Bonchev–Trinajstić information content (AvgIpc) is 2.98. The van der Waals surface area contributed by atoms with Crippen LogP contribution in [-0.2, 0) is 0 Å². The van der Waals surface area contributed by atoms with Gasteiger partial charge in [-0.25, -0.2) is 17.6 Å². The lowest BCUT2D eigenvalue weighted by atomic mass is 10.0. The fraction of sp³-hybridized carbons (Fsp3) is 0.571. The number of piperidine rings is 2. The van der Waals surface area contributed by atoms with E-state index in [4.69, 9.17) is 17.2 Å². The van der Waals surface area contributed by atoms with E-state index >= 15 is 0 Å². The molecule has 0 aromatic carbocycles. The standard InChI is InChI=1S/2C10H15F2N5O.C8H13N5/c2*1-14-7-2-8(16-9(13)15-7)17-4-6(18)3-10(11,12)5-17;1-10-6-5-7(12-8(9)11-6)13-3-2-4-13/h2*2,6,18H,3-5H2,1H3,(H3,13,14,15,16);5H,2-4H2,1H3,(H3,9,10,11,12)/t2*6-;/m10./s1. The molecule has 17 nitrogen and oxygen atoms in total. The van der Waals surface area contributed by atoms with Gasteiger partial charge in [-0.15, -0.1) is 0 Å². The first-order valence-corrected chi connectivity index (χ1v) is 15.4. The van der Waals surface area contributed by atoms with Crippen LogP contribution in [0.5, 0.6) is 0 Å². The van der Waals surface area contributed by atoms with E-state index in [1.807, 2.05) is 13.1 Å². The van der Waals surface area contributed by atoms with E-state index in [-0.39, 0.29) is 36.6 Å². The van der Waals surface area contributed by atoms with Crippen LogP contribution in [-0.4, -0.2) is 125 Å². The van der Waals surface area contributed by atoms with Crippen molar-refractivity contribution in [3.05, 3.63) is 18.2 Å². The number of aliphatic hydroxyl groups is 2. The van der Waals surface area contributed by atoms with E-state index in [9.17, 15) is 27.8 Å². The van der Waals surface area contributed by atoms with Crippen LogP contribution in [0.2, 0.25) is 0 Å². The predicted octanol–water partition coefficient (Wildman–Crippen LogP) is 0.924. The van der Waals surface area contributed by atoms with Gasteiger partial charge in [-0.3, -0.25) is 0 Å². The molecule has 3 aliphatic heterocycles. The summed E-state index contributed by atoms with van der Waals surface area (Å²) in [6.07, 6.45) is -1.98. The normalized spacial score (nSPS) is 20.9. The van der Waals surface area contributed by atoms with Crippen LogP contribution in [0.15, 0.2) is 18.2 Å². The van der Waals surface area contributed by atoms with Crippen LogP contribution in [0.4, 0.5) is 70.3 Å². The highest BCUT2D eigenvalue weighted by Crippen LogP contribution is 2.31. The number of hydrogen-bond acceptors (Lipinski definition) is 17. The van der Waals surface area contributed by atoms with Gasteiger partial charge in [-0.2, -0.15) is 29.9 Å². The van der Waals surface area contributed by atoms with E-state index in [1.54, 1.807) is 14.1 Å². The Kier molecular flexibility index (Phi) is 11.7. The molecule has 21 heteroatoms. The molecule has 2 atom stereocenters. The second-order valence-electron chi connectivity index (χ2n) is 11.7. The summed E-state index contributed by atoms with van der Waals surface area (Å²) in [6, 6.07) is 4.95. The molecule has 0 saturated carbocycles. The summed E-state index contributed by atoms with van der Waals surface area (Å²) in [6.45, 7) is 1.39. The average molecular weight is 698 g/mol. The van der Waals surface area contributed by atoms with Gasteiger partial charge < -0.3 is 58.1 Å². The van der Waals surface area contributed by atoms with Gasteiger partial charge in [-0.1, -0.05) is 0 Å². The van der Waals surface area contributed by atoms with Gasteiger partial charge in [0.15, 0.2) is 0 Å². The maximum absolute atomic E-state index is 13.4. The maximum atomic E-state index is 13.4. The Labute approximate surface area is 280 Å². The number of anilines is 9. The van der Waals surface area contributed by atoms with Crippen LogP contribution < -0.4 is 47.9 Å². The molecular weight excluding hydrogens is 654 g/mol. The second kappa shape index (κ2) is 15.5. The first-order chi connectivity index (χ1) is 23.1. The number of aromatic nitrogens is 6. The lowest BCUT2D eigenvalue weighted by molar-refractivity contribution is -0.0540. The van der Waals surface area contributed by atoms with Crippen LogP contribution >= 0.6 is 0 Å². The molecule has 6 rings (SSSR count). The number of nitrogen functional groups attached to an aromatic ring is 3. The lowest BCUT2D eigenvalue weighted by Gasteiger charge is -2.36. The molecule has 0 bridgehead atoms. The van der Waals surface area contributed by atoms with Gasteiger partial charge in [0.1, 0.15) is 34.9 Å². The third-order valence-corrected chi connectivity index (χ3v) is 7.56. The van der Waals surface area contributed by atoms with Crippen molar-refractivity contribution < 1.29 is 27.8 Å². The molecule has 49 heavy (non-hydrogen) atoms. The number of β-amino-alcohol motifs (C(OH)–C–C–N with tert-alkyl or cyclic N) is 2. The van der Waals surface area contributed by atoms with Crippen LogP contribution in [0.25, 0.3) is 0 Å². The van der Waals surface area contributed by atoms with Gasteiger partial charge in [0.2, 0.25) is 17.8 Å². The quantitative estimate of drug-likeness (QED) is 0.167. The third kappa shape index (κ3) is 10.5. The second-order valence-corrected chi connectivity index (χ2v) is 11.7. The Bertz CT molecular complexity index is 1470. The molecule has 0 spiro atoms. The monoisotopic (exact) mass is 697 g/mol. The highest BCUT2D eigenvalue weighted by atomic mass is 19.3. The van der Waals surface area contributed by atoms with Crippen LogP contribution in [0.3, 0.4) is 0 Å². The largest absolute Gasteiger partial charge is 0.391 e. The summed E-state index contributed by atoms with van der Waals surface area (Å²) in [5.74, 6) is -2.39. The van der Waals surface area contributed by atoms with Gasteiger partial charge in [-0.05, 0) is 6.42 Å². The summed E-state index contributed by atoms with van der Waals surface area (Å²) < 4.78 is 53.5. The van der Waals surface area contributed by atoms with Crippen molar-refractivity contribution in [2.45, 2.75) is 43.3 Å². The van der Waals surface area contributed by atoms with Crippen molar-refractivity contribution in [1.82, 2.24) is 29.9 Å². The van der Waals surface area contributed by atoms with Crippen molar-refractivity contribution in [3.8, 4) is 0 Å². The number of aliphatic hydroxyl groups excluding tert-OH is 2. The molecule has 0 amide bonds. The van der Waals surface area contributed by atoms with Gasteiger partial charge in [0, 0.05) is 78.4 Å². The highest BCUT2D eigenvalue weighted by molar-refractivity contribution is 5.55. The number of rotatable bonds is 6. The minimum atomic E-state index is -2.93. The molecule has 3 aromatic rings. The Morgan fingerprint density at radius 3 is 1.20 bits per heavy atom. The van der Waals surface area contributed by atoms with Gasteiger partial charge in [0.25, 0.3) is 11.8 Å². The molecule has 0 radical (unpaired) electrons. The molecule has 11 N–H and O–H groups in total. The number of halogens is 4. The summed E-state index contributed by atoms with van der Waals surface area (Å²) in [4.78, 5) is 28.6. The summed E-state index contributed by atoms with van der Waals surface area (Å²) in [5, 5.41) is 27.4. The fourth-order valence-corrected chi connectivity index (χ4v) is 5.27. The predicted molar refractivity (Wildman–Crippen MR) is 180 cm³/mol. The Morgan fingerprint density at radius 1 is 0.612 bits per heavy atom. The van der Waals surface area contributed by atoms with Crippen molar-refractivity contribution in [2.75, 3.05) is 108 Å². The first kappa shape index (κ1) is 36.9. The third-order valence-electron chi connectivity index (χ3n) is 7.56. The number of nitrogens with zero attached hydrogens (tertiary/aromatic N) is 9. The molecule has 3 saturated heterocycles. The Morgan fingerprint density at radius 2 is 0.939 bits per heavy atom. The molecule has 3 fully saturated rings. The Balaban J connectivity index is 0.000000168. The first-order valence-electron chi connectivity index (χ1n) is 15.4. The van der Waals surface area contributed by atoms with E-state index in [0.717, 1.165) is 24.7 Å². The minimum absolute atomic E-state index is 0.000213. The Hall–Kier alpha value is -4.92.